The van der Waals surface area contributed by atoms with Gasteiger partial charge in [-0.15, -0.1) is 0 Å². The van der Waals surface area contributed by atoms with Crippen molar-refractivity contribution in [2.75, 3.05) is 25.4 Å². The maximum Gasteiger partial charge on any atom is 0.211 e. The zero-order chi connectivity index (χ0) is 10.2. The summed E-state index contributed by atoms with van der Waals surface area (Å²) in [4.78, 5) is 2.26. The standard InChI is InChI=1S/C8H17N3O2S/c9-5-8-1-3-11(8)6-7-2-4-14(12,13)10-7/h7-8,10H,1-6,9H2. The summed E-state index contributed by atoms with van der Waals surface area (Å²) in [5.41, 5.74) is 5.57. The van der Waals surface area contributed by atoms with E-state index >= 15 is 0 Å². The fraction of sp³-hybridized carbons (Fsp3) is 1.00. The summed E-state index contributed by atoms with van der Waals surface area (Å²) >= 11 is 0. The number of likely N-dealkylation sites (tertiary alicyclic amines) is 1. The van der Waals surface area contributed by atoms with Crippen molar-refractivity contribution in [3.8, 4) is 0 Å². The van der Waals surface area contributed by atoms with Crippen LogP contribution in [0.4, 0.5) is 0 Å². The van der Waals surface area contributed by atoms with Crippen LogP contribution in [0, 0.1) is 0 Å². The topological polar surface area (TPSA) is 75.4 Å². The molecule has 2 fully saturated rings. The molecule has 0 aliphatic carbocycles. The molecule has 0 bridgehead atoms. The van der Waals surface area contributed by atoms with Gasteiger partial charge >= 0.3 is 0 Å². The van der Waals surface area contributed by atoms with Gasteiger partial charge in [0.25, 0.3) is 0 Å². The normalized spacial score (nSPS) is 36.9. The molecule has 0 aromatic carbocycles. The second kappa shape index (κ2) is 3.77. The molecule has 0 saturated carbocycles. The van der Waals surface area contributed by atoms with E-state index in [0.717, 1.165) is 25.9 Å². The number of nitrogens with one attached hydrogen (secondary N) is 1. The van der Waals surface area contributed by atoms with Crippen molar-refractivity contribution in [2.45, 2.75) is 24.9 Å². The number of nitrogens with two attached hydrogens (primary N) is 1. The number of hydrogen-bond donors (Lipinski definition) is 2. The quantitative estimate of drug-likeness (QED) is 0.619. The molecular formula is C8H17N3O2S. The lowest BCUT2D eigenvalue weighted by Crippen LogP contribution is -2.55. The van der Waals surface area contributed by atoms with Crippen molar-refractivity contribution in [2.24, 2.45) is 5.73 Å². The molecule has 2 atom stereocenters. The van der Waals surface area contributed by atoms with Crippen LogP contribution in [0.25, 0.3) is 0 Å². The Morgan fingerprint density at radius 1 is 1.43 bits per heavy atom. The Morgan fingerprint density at radius 3 is 2.64 bits per heavy atom. The lowest BCUT2D eigenvalue weighted by atomic mass is 10.0. The first-order chi connectivity index (χ1) is 6.61. The summed E-state index contributed by atoms with van der Waals surface area (Å²) < 4.78 is 24.9. The first kappa shape index (κ1) is 10.4. The van der Waals surface area contributed by atoms with E-state index in [9.17, 15) is 8.42 Å². The third-order valence-corrected chi connectivity index (χ3v) is 4.54. The zero-order valence-corrected chi connectivity index (χ0v) is 8.96. The first-order valence-electron chi connectivity index (χ1n) is 5.05. The van der Waals surface area contributed by atoms with Gasteiger partial charge in [-0.2, -0.15) is 0 Å². The van der Waals surface area contributed by atoms with Crippen molar-refractivity contribution in [3.63, 3.8) is 0 Å². The van der Waals surface area contributed by atoms with Crippen LogP contribution in [0.5, 0.6) is 0 Å². The number of hydrogen-bond acceptors (Lipinski definition) is 4. The highest BCUT2D eigenvalue weighted by Crippen LogP contribution is 2.18. The van der Waals surface area contributed by atoms with E-state index in [1.165, 1.54) is 0 Å². The maximum atomic E-state index is 11.1. The van der Waals surface area contributed by atoms with Crippen molar-refractivity contribution in [1.29, 1.82) is 0 Å². The molecule has 2 aliphatic rings. The minimum absolute atomic E-state index is 0.106. The van der Waals surface area contributed by atoms with E-state index in [1.807, 2.05) is 0 Å². The number of sulfonamides is 1. The summed E-state index contributed by atoms with van der Waals surface area (Å²) in [6.45, 7) is 2.56. The van der Waals surface area contributed by atoms with Crippen LogP contribution in [0.15, 0.2) is 0 Å². The largest absolute Gasteiger partial charge is 0.329 e. The van der Waals surface area contributed by atoms with Crippen LogP contribution in [0.1, 0.15) is 12.8 Å². The molecule has 0 aromatic rings. The predicted octanol–water partition coefficient (Wildman–Crippen LogP) is -1.29. The van der Waals surface area contributed by atoms with Gasteiger partial charge in [0.05, 0.1) is 5.75 Å². The van der Waals surface area contributed by atoms with Gasteiger partial charge < -0.3 is 5.73 Å². The minimum Gasteiger partial charge on any atom is -0.329 e. The maximum absolute atomic E-state index is 11.1. The molecular weight excluding hydrogens is 202 g/mol. The Labute approximate surface area is 84.7 Å². The molecule has 2 unspecified atom stereocenters. The Morgan fingerprint density at radius 2 is 2.21 bits per heavy atom. The lowest BCUT2D eigenvalue weighted by Gasteiger charge is -2.41. The van der Waals surface area contributed by atoms with E-state index in [4.69, 9.17) is 5.73 Å². The summed E-state index contributed by atoms with van der Waals surface area (Å²) in [5.74, 6) is 0.277. The van der Waals surface area contributed by atoms with Crippen LogP contribution in [-0.4, -0.2) is 50.8 Å². The predicted molar refractivity (Wildman–Crippen MR) is 54.4 cm³/mol. The minimum atomic E-state index is -2.96. The summed E-state index contributed by atoms with van der Waals surface area (Å²) in [6.07, 6.45) is 1.88. The summed E-state index contributed by atoms with van der Waals surface area (Å²) in [6, 6.07) is 0.578. The van der Waals surface area contributed by atoms with E-state index in [-0.39, 0.29) is 11.8 Å². The fourth-order valence-corrected chi connectivity index (χ4v) is 3.50. The first-order valence-corrected chi connectivity index (χ1v) is 6.70. The van der Waals surface area contributed by atoms with Gasteiger partial charge in [-0.05, 0) is 12.8 Å². The van der Waals surface area contributed by atoms with Crippen LogP contribution >= 0.6 is 0 Å². The second-order valence-electron chi connectivity index (χ2n) is 4.10. The summed E-state index contributed by atoms with van der Waals surface area (Å²) in [5, 5.41) is 0. The van der Waals surface area contributed by atoms with Crippen molar-refractivity contribution in [1.82, 2.24) is 9.62 Å². The number of nitrogens with zero attached hydrogens (tertiary/aromatic N) is 1. The second-order valence-corrected chi connectivity index (χ2v) is 5.97. The van der Waals surface area contributed by atoms with Gasteiger partial charge in [-0.25, -0.2) is 13.1 Å². The smallest absolute Gasteiger partial charge is 0.211 e. The van der Waals surface area contributed by atoms with E-state index < -0.39 is 10.0 Å². The van der Waals surface area contributed by atoms with Gasteiger partial charge in [-0.1, -0.05) is 0 Å². The molecule has 2 saturated heterocycles. The van der Waals surface area contributed by atoms with Crippen molar-refractivity contribution >= 4 is 10.0 Å². The van der Waals surface area contributed by atoms with Crippen LogP contribution < -0.4 is 10.5 Å². The molecule has 2 aliphatic heterocycles. The highest BCUT2D eigenvalue weighted by atomic mass is 32.2. The van der Waals surface area contributed by atoms with Gasteiger partial charge in [0, 0.05) is 31.7 Å². The summed E-state index contributed by atoms with van der Waals surface area (Å²) in [7, 11) is -2.96. The van der Waals surface area contributed by atoms with Gasteiger partial charge in [0.15, 0.2) is 0 Å². The SMILES string of the molecule is NCC1CCN1CC1CCS(=O)(=O)N1. The van der Waals surface area contributed by atoms with E-state index in [0.29, 0.717) is 12.6 Å². The molecule has 3 N–H and O–H groups in total. The van der Waals surface area contributed by atoms with Gasteiger partial charge in [-0.3, -0.25) is 4.90 Å². The highest BCUT2D eigenvalue weighted by Gasteiger charge is 2.33. The van der Waals surface area contributed by atoms with Crippen LogP contribution in [0.3, 0.4) is 0 Å². The van der Waals surface area contributed by atoms with Crippen LogP contribution in [0.2, 0.25) is 0 Å². The Kier molecular flexibility index (Phi) is 2.79. The van der Waals surface area contributed by atoms with E-state index in [2.05, 4.69) is 9.62 Å². The molecule has 5 nitrogen and oxygen atoms in total. The molecule has 2 rings (SSSR count). The molecule has 82 valence electrons. The Hall–Kier alpha value is -0.170. The molecule has 2 heterocycles. The Balaban J connectivity index is 1.82. The third kappa shape index (κ3) is 2.08. The van der Waals surface area contributed by atoms with Gasteiger partial charge in [0.1, 0.15) is 0 Å². The molecule has 6 heteroatoms. The molecule has 0 amide bonds. The monoisotopic (exact) mass is 219 g/mol. The lowest BCUT2D eigenvalue weighted by molar-refractivity contribution is 0.0879. The fourth-order valence-electron chi connectivity index (χ4n) is 2.08. The molecule has 0 spiro atoms. The van der Waals surface area contributed by atoms with Crippen LogP contribution in [-0.2, 0) is 10.0 Å². The molecule has 14 heavy (non-hydrogen) atoms. The van der Waals surface area contributed by atoms with E-state index in [1.54, 1.807) is 0 Å². The van der Waals surface area contributed by atoms with Crippen molar-refractivity contribution < 1.29 is 8.42 Å². The molecule has 0 radical (unpaired) electrons. The highest BCUT2D eigenvalue weighted by molar-refractivity contribution is 7.89. The van der Waals surface area contributed by atoms with Gasteiger partial charge in [0.2, 0.25) is 10.0 Å². The average molecular weight is 219 g/mol. The van der Waals surface area contributed by atoms with Crippen molar-refractivity contribution in [3.05, 3.63) is 0 Å². The third-order valence-electron chi connectivity index (χ3n) is 3.07. The zero-order valence-electron chi connectivity index (χ0n) is 8.15. The number of rotatable bonds is 3. The Bertz CT molecular complexity index is 302. The average Bonchev–Trinajstić information content (AvgIpc) is 2.41. The molecule has 0 aromatic heterocycles.